The minimum atomic E-state index is -3.40. The van der Waals surface area contributed by atoms with Gasteiger partial charge in [-0.3, -0.25) is 0 Å². The molecule has 1 aliphatic heterocycles. The van der Waals surface area contributed by atoms with Gasteiger partial charge in [-0.25, -0.2) is 8.42 Å². The van der Waals surface area contributed by atoms with Gasteiger partial charge in [-0.1, -0.05) is 6.92 Å². The quantitative estimate of drug-likeness (QED) is 0.782. The van der Waals surface area contributed by atoms with E-state index in [9.17, 15) is 8.42 Å². The van der Waals surface area contributed by atoms with E-state index in [4.69, 9.17) is 0 Å². The molecule has 3 heterocycles. The molecule has 1 atom stereocenters. The van der Waals surface area contributed by atoms with Crippen molar-refractivity contribution in [1.82, 2.24) is 4.31 Å². The van der Waals surface area contributed by atoms with Gasteiger partial charge in [0.25, 0.3) is 10.0 Å². The number of fused-ring (bicyclic) bond motifs is 1. The van der Waals surface area contributed by atoms with Crippen molar-refractivity contribution in [2.75, 3.05) is 6.54 Å². The van der Waals surface area contributed by atoms with Crippen LogP contribution in [0.5, 0.6) is 0 Å². The molecule has 7 heteroatoms. The number of thiophene rings is 2. The molecule has 0 saturated carbocycles. The topological polar surface area (TPSA) is 37.4 Å². The molecule has 0 amide bonds. The minimum Gasteiger partial charge on any atom is -0.206 e. The Bertz CT molecular complexity index is 720. The number of halogens is 1. The third kappa shape index (κ3) is 2.39. The Balaban J connectivity index is 2.02. The van der Waals surface area contributed by atoms with E-state index in [0.717, 1.165) is 16.6 Å². The van der Waals surface area contributed by atoms with Crippen molar-refractivity contribution >= 4 is 48.6 Å². The van der Waals surface area contributed by atoms with E-state index in [0.29, 0.717) is 10.8 Å². The van der Waals surface area contributed by atoms with Gasteiger partial charge in [-0.05, 0) is 57.9 Å². The van der Waals surface area contributed by atoms with Gasteiger partial charge in [-0.15, -0.1) is 22.7 Å². The van der Waals surface area contributed by atoms with Gasteiger partial charge in [-0.2, -0.15) is 4.31 Å². The van der Waals surface area contributed by atoms with E-state index in [1.165, 1.54) is 21.8 Å². The van der Waals surface area contributed by atoms with Crippen molar-refractivity contribution in [3.63, 3.8) is 0 Å². The largest absolute Gasteiger partial charge is 0.253 e. The van der Waals surface area contributed by atoms with E-state index >= 15 is 0 Å². The Morgan fingerprint density at radius 1 is 1.40 bits per heavy atom. The van der Waals surface area contributed by atoms with Crippen LogP contribution in [0.4, 0.5) is 0 Å². The predicted molar refractivity (Wildman–Crippen MR) is 87.0 cm³/mol. The summed E-state index contributed by atoms with van der Waals surface area (Å²) in [5.41, 5.74) is 1.18. The van der Waals surface area contributed by atoms with Crippen molar-refractivity contribution in [3.8, 4) is 0 Å². The summed E-state index contributed by atoms with van der Waals surface area (Å²) < 4.78 is 28.6. The second-order valence-electron chi connectivity index (χ2n) is 4.65. The van der Waals surface area contributed by atoms with Crippen molar-refractivity contribution < 1.29 is 8.42 Å². The molecule has 0 saturated heterocycles. The number of rotatable bonds is 3. The van der Waals surface area contributed by atoms with E-state index in [1.54, 1.807) is 27.8 Å². The fraction of sp³-hybridized carbons (Fsp3) is 0.385. The Hall–Kier alpha value is -0.210. The summed E-state index contributed by atoms with van der Waals surface area (Å²) in [5, 5.41) is 2.06. The lowest BCUT2D eigenvalue weighted by molar-refractivity contribution is 0.304. The molecular formula is C13H14BrNO2S3. The summed E-state index contributed by atoms with van der Waals surface area (Å²) in [6.07, 6.45) is 1.62. The van der Waals surface area contributed by atoms with E-state index in [-0.39, 0.29) is 6.04 Å². The first-order valence-electron chi connectivity index (χ1n) is 6.37. The van der Waals surface area contributed by atoms with Crippen LogP contribution in [0, 0.1) is 0 Å². The average Bonchev–Trinajstić information content (AvgIpc) is 3.05. The Morgan fingerprint density at radius 2 is 2.20 bits per heavy atom. The third-order valence-corrected chi connectivity index (χ3v) is 8.54. The SMILES string of the molecule is CCC1c2ccsc2CCN1S(=O)(=O)c1ccc(Br)s1. The standard InChI is InChI=1S/C13H14BrNO2S3/c1-2-10-9-6-8-18-11(9)5-7-15(10)20(16,17)13-4-3-12(14)19-13/h3-4,6,8,10H,2,5,7H2,1H3. The maximum absolute atomic E-state index is 12.8. The summed E-state index contributed by atoms with van der Waals surface area (Å²) >= 11 is 6.34. The van der Waals surface area contributed by atoms with Gasteiger partial charge in [0.05, 0.1) is 9.83 Å². The Kier molecular flexibility index (Phi) is 4.07. The molecule has 3 rings (SSSR count). The lowest BCUT2D eigenvalue weighted by Gasteiger charge is -2.33. The molecule has 0 radical (unpaired) electrons. The van der Waals surface area contributed by atoms with Crippen LogP contribution in [0.2, 0.25) is 0 Å². The highest BCUT2D eigenvalue weighted by Gasteiger charge is 2.36. The van der Waals surface area contributed by atoms with Gasteiger partial charge in [0, 0.05) is 11.4 Å². The van der Waals surface area contributed by atoms with Gasteiger partial charge >= 0.3 is 0 Å². The van der Waals surface area contributed by atoms with Crippen molar-refractivity contribution in [2.45, 2.75) is 30.0 Å². The first kappa shape index (κ1) is 14.7. The van der Waals surface area contributed by atoms with Crippen molar-refractivity contribution in [2.24, 2.45) is 0 Å². The summed E-state index contributed by atoms with van der Waals surface area (Å²) in [6.45, 7) is 2.62. The zero-order valence-electron chi connectivity index (χ0n) is 10.9. The highest BCUT2D eigenvalue weighted by Crippen LogP contribution is 2.39. The normalized spacial score (nSPS) is 20.0. The van der Waals surface area contributed by atoms with Crippen molar-refractivity contribution in [3.05, 3.63) is 37.8 Å². The summed E-state index contributed by atoms with van der Waals surface area (Å²) in [4.78, 5) is 1.33. The van der Waals surface area contributed by atoms with Gasteiger partial charge in [0.2, 0.25) is 0 Å². The number of hydrogen-bond donors (Lipinski definition) is 0. The van der Waals surface area contributed by atoms with Crippen LogP contribution in [-0.2, 0) is 16.4 Å². The molecule has 0 bridgehead atoms. The molecule has 2 aromatic heterocycles. The van der Waals surface area contributed by atoms with Crippen LogP contribution in [0.1, 0.15) is 29.8 Å². The summed E-state index contributed by atoms with van der Waals surface area (Å²) in [6, 6.07) is 5.51. The highest BCUT2D eigenvalue weighted by molar-refractivity contribution is 9.11. The molecule has 2 aromatic rings. The molecule has 0 aliphatic carbocycles. The van der Waals surface area contributed by atoms with Gasteiger partial charge in [0.1, 0.15) is 4.21 Å². The lowest BCUT2D eigenvalue weighted by Crippen LogP contribution is -2.38. The highest BCUT2D eigenvalue weighted by atomic mass is 79.9. The molecule has 108 valence electrons. The maximum atomic E-state index is 12.8. The van der Waals surface area contributed by atoms with Gasteiger partial charge in [0.15, 0.2) is 0 Å². The second-order valence-corrected chi connectivity index (χ2v) is 10.2. The zero-order chi connectivity index (χ0) is 14.3. The Morgan fingerprint density at radius 3 is 2.85 bits per heavy atom. The van der Waals surface area contributed by atoms with E-state index in [1.807, 2.05) is 6.92 Å². The maximum Gasteiger partial charge on any atom is 0.253 e. The Labute approximate surface area is 135 Å². The number of hydrogen-bond acceptors (Lipinski definition) is 4. The van der Waals surface area contributed by atoms with E-state index < -0.39 is 10.0 Å². The van der Waals surface area contributed by atoms with Crippen LogP contribution in [0.15, 0.2) is 31.6 Å². The predicted octanol–water partition coefficient (Wildman–Crippen LogP) is 4.27. The summed E-state index contributed by atoms with van der Waals surface area (Å²) in [7, 11) is -3.40. The molecule has 0 aromatic carbocycles. The molecule has 1 unspecified atom stereocenters. The molecular weight excluding hydrogens is 378 g/mol. The smallest absolute Gasteiger partial charge is 0.206 e. The van der Waals surface area contributed by atoms with Crippen LogP contribution >= 0.6 is 38.6 Å². The van der Waals surface area contributed by atoms with Crippen LogP contribution < -0.4 is 0 Å². The van der Waals surface area contributed by atoms with Gasteiger partial charge < -0.3 is 0 Å². The lowest BCUT2D eigenvalue weighted by atomic mass is 10.0. The average molecular weight is 392 g/mol. The summed E-state index contributed by atoms with van der Waals surface area (Å²) in [5.74, 6) is 0. The van der Waals surface area contributed by atoms with Crippen LogP contribution in [-0.4, -0.2) is 19.3 Å². The minimum absolute atomic E-state index is 0.0316. The molecule has 0 N–H and O–H groups in total. The molecule has 0 fully saturated rings. The third-order valence-electron chi connectivity index (χ3n) is 3.54. The fourth-order valence-electron chi connectivity index (χ4n) is 2.64. The van der Waals surface area contributed by atoms with E-state index in [2.05, 4.69) is 27.4 Å². The second kappa shape index (κ2) is 5.53. The monoisotopic (exact) mass is 391 g/mol. The molecule has 3 nitrogen and oxygen atoms in total. The first-order chi connectivity index (χ1) is 9.54. The van der Waals surface area contributed by atoms with Crippen molar-refractivity contribution in [1.29, 1.82) is 0 Å². The number of sulfonamides is 1. The molecule has 1 aliphatic rings. The molecule has 20 heavy (non-hydrogen) atoms. The molecule has 0 spiro atoms. The number of nitrogens with zero attached hydrogens (tertiary/aromatic N) is 1. The fourth-order valence-corrected chi connectivity index (χ4v) is 7.38. The van der Waals surface area contributed by atoms with Crippen LogP contribution in [0.3, 0.4) is 0 Å². The van der Waals surface area contributed by atoms with Crippen LogP contribution in [0.25, 0.3) is 0 Å². The zero-order valence-corrected chi connectivity index (χ0v) is 14.9. The first-order valence-corrected chi connectivity index (χ1v) is 10.3.